The molecule has 30 heavy (non-hydrogen) atoms. The Kier molecular flexibility index (Phi) is 5.67. The van der Waals surface area contributed by atoms with Gasteiger partial charge in [0.05, 0.1) is 17.5 Å². The van der Waals surface area contributed by atoms with Crippen molar-refractivity contribution in [2.45, 2.75) is 58.9 Å². The summed E-state index contributed by atoms with van der Waals surface area (Å²) in [5, 5.41) is 7.30. The lowest BCUT2D eigenvalue weighted by molar-refractivity contribution is -0.134. The molecule has 0 aliphatic carbocycles. The number of benzene rings is 1. The van der Waals surface area contributed by atoms with Crippen molar-refractivity contribution in [3.63, 3.8) is 0 Å². The summed E-state index contributed by atoms with van der Waals surface area (Å²) >= 11 is 0. The maximum absolute atomic E-state index is 13.3. The first kappa shape index (κ1) is 20.6. The zero-order valence-corrected chi connectivity index (χ0v) is 18.3. The quantitative estimate of drug-likeness (QED) is 0.841. The number of amides is 2. The van der Waals surface area contributed by atoms with E-state index in [0.717, 1.165) is 44.6 Å². The molecule has 6 nitrogen and oxygen atoms in total. The standard InChI is InChI=1S/C24H32N4O2/c1-24(2,3)14-21(29)27-11-9-18(10-12-27)22-20(15-25-26-22)23(30)28-13-8-17-6-4-5-7-19(17)16-28/h4-7,15,18H,8-14,16H2,1-3H3,(H,25,26). The van der Waals surface area contributed by atoms with Gasteiger partial charge in [0.2, 0.25) is 5.91 Å². The number of H-pyrrole nitrogens is 1. The average molecular weight is 409 g/mol. The number of aromatic amines is 1. The Hall–Kier alpha value is -2.63. The third-order valence-corrected chi connectivity index (χ3v) is 6.25. The van der Waals surface area contributed by atoms with Gasteiger partial charge in [0.25, 0.3) is 5.91 Å². The molecule has 1 aromatic carbocycles. The molecule has 4 rings (SSSR count). The van der Waals surface area contributed by atoms with Crippen LogP contribution in [-0.2, 0) is 17.8 Å². The number of hydrogen-bond donors (Lipinski definition) is 1. The highest BCUT2D eigenvalue weighted by atomic mass is 16.2. The number of hydrogen-bond acceptors (Lipinski definition) is 3. The topological polar surface area (TPSA) is 69.3 Å². The van der Waals surface area contributed by atoms with Gasteiger partial charge in [-0.15, -0.1) is 0 Å². The van der Waals surface area contributed by atoms with Crippen molar-refractivity contribution >= 4 is 11.8 Å². The number of nitrogens with zero attached hydrogens (tertiary/aromatic N) is 3. The summed E-state index contributed by atoms with van der Waals surface area (Å²) in [5.74, 6) is 0.524. The fourth-order valence-electron chi connectivity index (χ4n) is 4.60. The van der Waals surface area contributed by atoms with Gasteiger partial charge in [0, 0.05) is 38.5 Å². The molecule has 3 heterocycles. The van der Waals surface area contributed by atoms with Crippen molar-refractivity contribution in [3.05, 3.63) is 52.8 Å². The van der Waals surface area contributed by atoms with Crippen molar-refractivity contribution in [3.8, 4) is 0 Å². The van der Waals surface area contributed by atoms with E-state index >= 15 is 0 Å². The van der Waals surface area contributed by atoms with Gasteiger partial charge in [0.15, 0.2) is 0 Å². The Morgan fingerprint density at radius 1 is 1.07 bits per heavy atom. The van der Waals surface area contributed by atoms with Gasteiger partial charge in [-0.05, 0) is 35.8 Å². The van der Waals surface area contributed by atoms with E-state index in [1.54, 1.807) is 6.20 Å². The molecule has 1 N–H and O–H groups in total. The SMILES string of the molecule is CC(C)(C)CC(=O)N1CCC(c2[nH]ncc2C(=O)N2CCc3ccccc3C2)CC1. The monoisotopic (exact) mass is 408 g/mol. The van der Waals surface area contributed by atoms with Crippen LogP contribution in [-0.4, -0.2) is 51.4 Å². The number of rotatable bonds is 3. The second-order valence-corrected chi connectivity index (χ2v) is 9.84. The number of carbonyl (C=O) groups is 2. The molecular weight excluding hydrogens is 376 g/mol. The molecule has 0 spiro atoms. The summed E-state index contributed by atoms with van der Waals surface area (Å²) in [4.78, 5) is 29.7. The molecule has 0 atom stereocenters. The molecule has 1 fully saturated rings. The second kappa shape index (κ2) is 8.25. The number of likely N-dealkylation sites (tertiary alicyclic amines) is 1. The van der Waals surface area contributed by atoms with E-state index in [2.05, 4.69) is 49.2 Å². The maximum atomic E-state index is 13.3. The molecule has 6 heteroatoms. The lowest BCUT2D eigenvalue weighted by Gasteiger charge is -2.34. The van der Waals surface area contributed by atoms with Crippen molar-refractivity contribution < 1.29 is 9.59 Å². The van der Waals surface area contributed by atoms with Crippen LogP contribution < -0.4 is 0 Å². The third kappa shape index (κ3) is 4.42. The van der Waals surface area contributed by atoms with E-state index < -0.39 is 0 Å². The van der Waals surface area contributed by atoms with Crippen molar-refractivity contribution in [2.24, 2.45) is 5.41 Å². The van der Waals surface area contributed by atoms with Crippen LogP contribution in [0.1, 0.15) is 73.1 Å². The first-order valence-corrected chi connectivity index (χ1v) is 11.0. The molecule has 2 aromatic rings. The van der Waals surface area contributed by atoms with Crippen LogP contribution in [0.15, 0.2) is 30.5 Å². The average Bonchev–Trinajstić information content (AvgIpc) is 3.21. The Labute approximate surface area is 178 Å². The van der Waals surface area contributed by atoms with Gasteiger partial charge in [0.1, 0.15) is 0 Å². The molecule has 2 aliphatic heterocycles. The minimum Gasteiger partial charge on any atom is -0.343 e. The lowest BCUT2D eigenvalue weighted by Crippen LogP contribution is -2.40. The highest BCUT2D eigenvalue weighted by Crippen LogP contribution is 2.31. The predicted molar refractivity (Wildman–Crippen MR) is 116 cm³/mol. The van der Waals surface area contributed by atoms with Crippen LogP contribution in [0.4, 0.5) is 0 Å². The maximum Gasteiger partial charge on any atom is 0.257 e. The molecule has 0 saturated carbocycles. The van der Waals surface area contributed by atoms with Crippen LogP contribution in [0.5, 0.6) is 0 Å². The van der Waals surface area contributed by atoms with E-state index in [1.807, 2.05) is 15.9 Å². The minimum absolute atomic E-state index is 0.00393. The fraction of sp³-hybridized carbons (Fsp3) is 0.542. The molecule has 0 radical (unpaired) electrons. The summed E-state index contributed by atoms with van der Waals surface area (Å²) < 4.78 is 0. The highest BCUT2D eigenvalue weighted by Gasteiger charge is 2.31. The summed E-state index contributed by atoms with van der Waals surface area (Å²) in [6.07, 6.45) is 4.86. The normalized spacial score (nSPS) is 17.7. The van der Waals surface area contributed by atoms with E-state index in [1.165, 1.54) is 11.1 Å². The highest BCUT2D eigenvalue weighted by molar-refractivity contribution is 5.95. The zero-order chi connectivity index (χ0) is 21.3. The largest absolute Gasteiger partial charge is 0.343 e. The smallest absolute Gasteiger partial charge is 0.257 e. The molecule has 0 unspecified atom stereocenters. The van der Waals surface area contributed by atoms with Crippen LogP contribution in [0.3, 0.4) is 0 Å². The first-order chi connectivity index (χ1) is 14.3. The van der Waals surface area contributed by atoms with E-state index in [9.17, 15) is 9.59 Å². The summed E-state index contributed by atoms with van der Waals surface area (Å²) in [6, 6.07) is 8.35. The van der Waals surface area contributed by atoms with Crippen molar-refractivity contribution in [1.29, 1.82) is 0 Å². The molecule has 160 valence electrons. The number of nitrogens with one attached hydrogen (secondary N) is 1. The fourth-order valence-corrected chi connectivity index (χ4v) is 4.60. The van der Waals surface area contributed by atoms with Gasteiger partial charge in [-0.3, -0.25) is 14.7 Å². The summed E-state index contributed by atoms with van der Waals surface area (Å²) in [6.45, 7) is 9.16. The zero-order valence-electron chi connectivity index (χ0n) is 18.3. The van der Waals surface area contributed by atoms with Crippen LogP contribution >= 0.6 is 0 Å². The minimum atomic E-state index is 0.00393. The number of piperidine rings is 1. The Morgan fingerprint density at radius 2 is 1.77 bits per heavy atom. The Morgan fingerprint density at radius 3 is 2.47 bits per heavy atom. The van der Waals surface area contributed by atoms with Crippen LogP contribution in [0.2, 0.25) is 0 Å². The Bertz CT molecular complexity index is 919. The van der Waals surface area contributed by atoms with Crippen LogP contribution in [0.25, 0.3) is 0 Å². The lowest BCUT2D eigenvalue weighted by atomic mass is 9.88. The molecule has 1 aromatic heterocycles. The third-order valence-electron chi connectivity index (χ3n) is 6.25. The number of carbonyl (C=O) groups excluding carboxylic acids is 2. The molecule has 2 aliphatic rings. The molecular formula is C24H32N4O2. The molecule has 1 saturated heterocycles. The van der Waals surface area contributed by atoms with Crippen molar-refractivity contribution in [1.82, 2.24) is 20.0 Å². The van der Waals surface area contributed by atoms with E-state index in [4.69, 9.17) is 0 Å². The number of fused-ring (bicyclic) bond motifs is 1. The van der Waals surface area contributed by atoms with Gasteiger partial charge >= 0.3 is 0 Å². The molecule has 2 amide bonds. The van der Waals surface area contributed by atoms with Crippen molar-refractivity contribution in [2.75, 3.05) is 19.6 Å². The summed E-state index contributed by atoms with van der Waals surface area (Å²) in [5.41, 5.74) is 4.19. The van der Waals surface area contributed by atoms with Gasteiger partial charge < -0.3 is 9.80 Å². The predicted octanol–water partition coefficient (Wildman–Crippen LogP) is 3.75. The van der Waals surface area contributed by atoms with Crippen LogP contribution in [0, 0.1) is 5.41 Å². The Balaban J connectivity index is 1.41. The first-order valence-electron chi connectivity index (χ1n) is 11.0. The second-order valence-electron chi connectivity index (χ2n) is 9.84. The van der Waals surface area contributed by atoms with Gasteiger partial charge in [-0.25, -0.2) is 0 Å². The van der Waals surface area contributed by atoms with E-state index in [-0.39, 0.29) is 23.1 Å². The van der Waals surface area contributed by atoms with E-state index in [0.29, 0.717) is 18.5 Å². The number of aromatic nitrogens is 2. The van der Waals surface area contributed by atoms with Gasteiger partial charge in [-0.1, -0.05) is 45.0 Å². The molecule has 0 bridgehead atoms. The van der Waals surface area contributed by atoms with Gasteiger partial charge in [-0.2, -0.15) is 5.10 Å². The summed E-state index contributed by atoms with van der Waals surface area (Å²) in [7, 11) is 0.